The lowest BCUT2D eigenvalue weighted by atomic mass is 9.98. The molecule has 21 heavy (non-hydrogen) atoms. The largest absolute Gasteiger partial charge is 0.317 e. The van der Waals surface area contributed by atoms with E-state index >= 15 is 0 Å². The molecule has 0 spiro atoms. The number of nitrogens with zero attached hydrogens (tertiary/aromatic N) is 1. The Kier molecular flexibility index (Phi) is 5.72. The van der Waals surface area contributed by atoms with Crippen molar-refractivity contribution in [1.29, 1.82) is 0 Å². The van der Waals surface area contributed by atoms with E-state index in [1.54, 1.807) is 6.07 Å². The van der Waals surface area contributed by atoms with Gasteiger partial charge in [-0.25, -0.2) is 12.8 Å². The number of hydrogen-bond donors (Lipinski definition) is 1. The van der Waals surface area contributed by atoms with Crippen molar-refractivity contribution in [2.24, 2.45) is 5.92 Å². The van der Waals surface area contributed by atoms with Gasteiger partial charge in [0.1, 0.15) is 10.7 Å². The van der Waals surface area contributed by atoms with Crippen molar-refractivity contribution in [3.63, 3.8) is 0 Å². The molecule has 4 nitrogen and oxygen atoms in total. The monoisotopic (exact) mass is 314 g/mol. The van der Waals surface area contributed by atoms with Gasteiger partial charge >= 0.3 is 0 Å². The summed E-state index contributed by atoms with van der Waals surface area (Å²) in [5, 5.41) is 3.27. The predicted octanol–water partition coefficient (Wildman–Crippen LogP) is 2.23. The van der Waals surface area contributed by atoms with E-state index in [-0.39, 0.29) is 4.90 Å². The minimum Gasteiger partial charge on any atom is -0.317 e. The van der Waals surface area contributed by atoms with E-state index in [1.165, 1.54) is 22.5 Å². The second kappa shape index (κ2) is 7.33. The molecule has 0 bridgehead atoms. The smallest absolute Gasteiger partial charge is 0.245 e. The molecule has 1 fully saturated rings. The molecule has 1 aromatic carbocycles. The van der Waals surface area contributed by atoms with Crippen molar-refractivity contribution >= 4 is 10.0 Å². The van der Waals surface area contributed by atoms with Crippen LogP contribution in [-0.4, -0.2) is 38.9 Å². The van der Waals surface area contributed by atoms with E-state index in [1.807, 2.05) is 6.92 Å². The van der Waals surface area contributed by atoms with Crippen molar-refractivity contribution in [3.05, 3.63) is 30.1 Å². The van der Waals surface area contributed by atoms with E-state index in [9.17, 15) is 12.8 Å². The molecule has 0 amide bonds. The fourth-order valence-electron chi connectivity index (χ4n) is 2.70. The van der Waals surface area contributed by atoms with Crippen molar-refractivity contribution in [2.75, 3.05) is 26.2 Å². The van der Waals surface area contributed by atoms with Crippen LogP contribution in [0.4, 0.5) is 4.39 Å². The summed E-state index contributed by atoms with van der Waals surface area (Å²) in [6, 6.07) is 5.60. The Labute approximate surface area is 126 Å². The third kappa shape index (κ3) is 4.02. The Balaban J connectivity index is 2.21. The summed E-state index contributed by atoms with van der Waals surface area (Å²) in [5.41, 5.74) is 0. The quantitative estimate of drug-likeness (QED) is 0.876. The molecule has 1 heterocycles. The first-order valence-electron chi connectivity index (χ1n) is 7.51. The minimum atomic E-state index is -3.76. The van der Waals surface area contributed by atoms with Crippen LogP contribution in [0.3, 0.4) is 0 Å². The molecule has 1 saturated heterocycles. The second-order valence-corrected chi connectivity index (χ2v) is 7.39. The molecule has 1 N–H and O–H groups in total. The van der Waals surface area contributed by atoms with E-state index in [0.29, 0.717) is 19.0 Å². The Hall–Kier alpha value is -0.980. The maximum atomic E-state index is 13.8. The van der Waals surface area contributed by atoms with Gasteiger partial charge in [0.25, 0.3) is 0 Å². The fourth-order valence-corrected chi connectivity index (χ4v) is 4.38. The highest BCUT2D eigenvalue weighted by molar-refractivity contribution is 7.89. The van der Waals surface area contributed by atoms with Gasteiger partial charge in [-0.2, -0.15) is 4.31 Å². The Morgan fingerprint density at radius 3 is 2.57 bits per heavy atom. The number of sulfonamides is 1. The van der Waals surface area contributed by atoms with E-state index in [0.717, 1.165) is 32.4 Å². The number of rotatable bonds is 6. The zero-order valence-corrected chi connectivity index (χ0v) is 13.2. The summed E-state index contributed by atoms with van der Waals surface area (Å²) >= 11 is 0. The SMILES string of the molecule is CCCN(CC1CCNCC1)S(=O)(=O)c1ccccc1F. The maximum Gasteiger partial charge on any atom is 0.245 e. The number of halogens is 1. The van der Waals surface area contributed by atoms with Crippen LogP contribution < -0.4 is 5.32 Å². The average Bonchev–Trinajstić information content (AvgIpc) is 2.48. The van der Waals surface area contributed by atoms with Crippen molar-refractivity contribution < 1.29 is 12.8 Å². The number of benzene rings is 1. The highest BCUT2D eigenvalue weighted by Crippen LogP contribution is 2.22. The number of piperidine rings is 1. The molecule has 2 rings (SSSR count). The molecule has 0 radical (unpaired) electrons. The molecular formula is C15H23FN2O2S. The van der Waals surface area contributed by atoms with Gasteiger partial charge in [0, 0.05) is 13.1 Å². The first kappa shape index (κ1) is 16.4. The first-order valence-corrected chi connectivity index (χ1v) is 8.95. The lowest BCUT2D eigenvalue weighted by molar-refractivity contribution is 0.287. The van der Waals surface area contributed by atoms with Crippen LogP contribution in [0.15, 0.2) is 29.2 Å². The van der Waals surface area contributed by atoms with Crippen LogP contribution in [0.1, 0.15) is 26.2 Å². The number of hydrogen-bond acceptors (Lipinski definition) is 3. The van der Waals surface area contributed by atoms with Crippen molar-refractivity contribution in [1.82, 2.24) is 9.62 Å². The zero-order chi connectivity index (χ0) is 15.3. The topological polar surface area (TPSA) is 49.4 Å². The lowest BCUT2D eigenvalue weighted by Gasteiger charge is -2.29. The molecule has 0 unspecified atom stereocenters. The van der Waals surface area contributed by atoms with Gasteiger partial charge in [-0.1, -0.05) is 19.1 Å². The Morgan fingerprint density at radius 2 is 1.95 bits per heavy atom. The Bertz CT molecular complexity index is 557. The molecule has 1 aliphatic heterocycles. The normalized spacial score (nSPS) is 17.3. The van der Waals surface area contributed by atoms with E-state index in [2.05, 4.69) is 5.32 Å². The third-order valence-corrected chi connectivity index (χ3v) is 5.75. The number of nitrogens with one attached hydrogen (secondary N) is 1. The molecule has 1 aliphatic rings. The maximum absolute atomic E-state index is 13.8. The van der Waals surface area contributed by atoms with Crippen LogP contribution >= 0.6 is 0 Å². The summed E-state index contributed by atoms with van der Waals surface area (Å²) in [5.74, 6) is -0.330. The van der Waals surface area contributed by atoms with Crippen LogP contribution in [0.2, 0.25) is 0 Å². The van der Waals surface area contributed by atoms with Crippen LogP contribution in [-0.2, 0) is 10.0 Å². The van der Waals surface area contributed by atoms with Gasteiger partial charge in [0.15, 0.2) is 0 Å². The highest BCUT2D eigenvalue weighted by Gasteiger charge is 2.29. The van der Waals surface area contributed by atoms with Gasteiger partial charge in [-0.05, 0) is 50.4 Å². The van der Waals surface area contributed by atoms with Gasteiger partial charge in [0.05, 0.1) is 0 Å². The van der Waals surface area contributed by atoms with Crippen molar-refractivity contribution in [3.8, 4) is 0 Å². The van der Waals surface area contributed by atoms with E-state index < -0.39 is 15.8 Å². The standard InChI is InChI=1S/C15H23FN2O2S/c1-2-11-18(12-13-7-9-17-10-8-13)21(19,20)15-6-4-3-5-14(15)16/h3-6,13,17H,2,7-12H2,1H3. The molecule has 1 aromatic rings. The lowest BCUT2D eigenvalue weighted by Crippen LogP contribution is -2.40. The van der Waals surface area contributed by atoms with Crippen molar-refractivity contribution in [2.45, 2.75) is 31.1 Å². The fraction of sp³-hybridized carbons (Fsp3) is 0.600. The van der Waals surface area contributed by atoms with E-state index in [4.69, 9.17) is 0 Å². The first-order chi connectivity index (χ1) is 10.1. The predicted molar refractivity (Wildman–Crippen MR) is 81.0 cm³/mol. The van der Waals surface area contributed by atoms with Gasteiger partial charge in [-0.15, -0.1) is 0 Å². The zero-order valence-electron chi connectivity index (χ0n) is 12.4. The average molecular weight is 314 g/mol. The van der Waals surface area contributed by atoms with Gasteiger partial charge in [0.2, 0.25) is 10.0 Å². The minimum absolute atomic E-state index is 0.215. The summed E-state index contributed by atoms with van der Waals surface area (Å²) in [6.45, 7) is 4.69. The molecule has 6 heteroatoms. The Morgan fingerprint density at radius 1 is 1.29 bits per heavy atom. The van der Waals surface area contributed by atoms with Crippen LogP contribution in [0, 0.1) is 11.7 Å². The highest BCUT2D eigenvalue weighted by atomic mass is 32.2. The second-order valence-electron chi connectivity index (χ2n) is 5.49. The van der Waals surface area contributed by atoms with Crippen LogP contribution in [0.5, 0.6) is 0 Å². The molecule has 0 aliphatic carbocycles. The molecular weight excluding hydrogens is 291 g/mol. The summed E-state index contributed by atoms with van der Waals surface area (Å²) in [6.07, 6.45) is 2.65. The molecule has 0 aromatic heterocycles. The summed E-state index contributed by atoms with van der Waals surface area (Å²) in [4.78, 5) is -0.215. The summed E-state index contributed by atoms with van der Waals surface area (Å²) < 4.78 is 40.7. The molecule has 0 atom stereocenters. The van der Waals surface area contributed by atoms with Gasteiger partial charge in [-0.3, -0.25) is 0 Å². The third-order valence-electron chi connectivity index (χ3n) is 3.85. The molecule has 0 saturated carbocycles. The summed E-state index contributed by atoms with van der Waals surface area (Å²) in [7, 11) is -3.76. The van der Waals surface area contributed by atoms with Crippen LogP contribution in [0.25, 0.3) is 0 Å². The van der Waals surface area contributed by atoms with Gasteiger partial charge < -0.3 is 5.32 Å². The molecule has 118 valence electrons.